The lowest BCUT2D eigenvalue weighted by atomic mass is 10.1. The van der Waals surface area contributed by atoms with Gasteiger partial charge in [0.1, 0.15) is 16.6 Å². The maximum Gasteiger partial charge on any atom is 0.153 e. The smallest absolute Gasteiger partial charge is 0.153 e. The molecule has 0 aliphatic heterocycles. The van der Waals surface area contributed by atoms with Crippen molar-refractivity contribution < 1.29 is 12.8 Å². The number of hydrogen-bond acceptors (Lipinski definition) is 4. The highest BCUT2D eigenvalue weighted by Crippen LogP contribution is 2.24. The molecule has 0 spiro atoms. The molecule has 0 fully saturated rings. The van der Waals surface area contributed by atoms with Crippen LogP contribution in [0.25, 0.3) is 11.3 Å². The summed E-state index contributed by atoms with van der Waals surface area (Å²) in [7, 11) is -3.07. The predicted molar refractivity (Wildman–Crippen MR) is 70.8 cm³/mol. The Morgan fingerprint density at radius 3 is 2.72 bits per heavy atom. The molecule has 0 unspecified atom stereocenters. The Morgan fingerprint density at radius 2 is 2.11 bits per heavy atom. The minimum atomic E-state index is -3.07. The van der Waals surface area contributed by atoms with E-state index >= 15 is 0 Å². The lowest BCUT2D eigenvalue weighted by molar-refractivity contribution is 0.601. The van der Waals surface area contributed by atoms with Gasteiger partial charge in [-0.1, -0.05) is 0 Å². The summed E-state index contributed by atoms with van der Waals surface area (Å²) in [4.78, 5) is 4.25. The van der Waals surface area contributed by atoms with Crippen molar-refractivity contribution in [1.82, 2.24) is 4.98 Å². The number of benzene rings is 1. The predicted octanol–water partition coefficient (Wildman–Crippen LogP) is 2.80. The first-order chi connectivity index (χ1) is 8.35. The molecule has 0 atom stereocenters. The van der Waals surface area contributed by atoms with Gasteiger partial charge in [-0.15, -0.1) is 11.3 Å². The van der Waals surface area contributed by atoms with Crippen LogP contribution in [0.4, 0.5) is 4.39 Å². The molecule has 3 nitrogen and oxygen atoms in total. The first-order valence-electron chi connectivity index (χ1n) is 5.24. The molecule has 0 bridgehead atoms. The highest BCUT2D eigenvalue weighted by atomic mass is 32.2. The van der Waals surface area contributed by atoms with Crippen LogP contribution >= 0.6 is 11.3 Å². The van der Waals surface area contributed by atoms with Crippen molar-refractivity contribution in [3.8, 4) is 11.3 Å². The number of thiazole rings is 1. The van der Waals surface area contributed by atoms with Crippen molar-refractivity contribution in [2.24, 2.45) is 0 Å². The molecule has 0 aliphatic carbocycles. The van der Waals surface area contributed by atoms with Crippen molar-refractivity contribution in [3.05, 3.63) is 40.0 Å². The first kappa shape index (κ1) is 13.2. The Morgan fingerprint density at radius 1 is 1.39 bits per heavy atom. The molecule has 1 aromatic heterocycles. The molecule has 0 N–H and O–H groups in total. The zero-order chi connectivity index (χ0) is 13.3. The Labute approximate surface area is 109 Å². The Kier molecular flexibility index (Phi) is 3.49. The highest BCUT2D eigenvalue weighted by Gasteiger charge is 2.10. The van der Waals surface area contributed by atoms with Crippen LogP contribution in [-0.4, -0.2) is 19.7 Å². The fourth-order valence-corrected chi connectivity index (χ4v) is 3.55. The molecule has 0 radical (unpaired) electrons. The molecule has 0 aliphatic rings. The standard InChI is InChI=1S/C12H12FNO2S2/c1-8-5-9(3-4-10(8)13)11-6-17-12(14-11)7-18(2,15)16/h3-6H,7H2,1-2H3. The van der Waals surface area contributed by atoms with Crippen LogP contribution in [0.3, 0.4) is 0 Å². The number of halogens is 1. The summed E-state index contributed by atoms with van der Waals surface area (Å²) in [5.41, 5.74) is 2.02. The SMILES string of the molecule is Cc1cc(-c2csc(CS(C)(=O)=O)n2)ccc1F. The van der Waals surface area contributed by atoms with Gasteiger partial charge >= 0.3 is 0 Å². The minimum absolute atomic E-state index is 0.0577. The summed E-state index contributed by atoms with van der Waals surface area (Å²) in [5, 5.41) is 2.34. The summed E-state index contributed by atoms with van der Waals surface area (Å²) >= 11 is 1.30. The van der Waals surface area contributed by atoms with Gasteiger partial charge in [0.25, 0.3) is 0 Å². The van der Waals surface area contributed by atoms with Gasteiger partial charge in [0.05, 0.1) is 5.69 Å². The van der Waals surface area contributed by atoms with Gasteiger partial charge in [0.2, 0.25) is 0 Å². The fraction of sp³-hybridized carbons (Fsp3) is 0.250. The Bertz CT molecular complexity index is 677. The molecule has 2 aromatic rings. The molecule has 18 heavy (non-hydrogen) atoms. The summed E-state index contributed by atoms with van der Waals surface area (Å²) < 4.78 is 35.5. The van der Waals surface area contributed by atoms with Gasteiger partial charge in [-0.2, -0.15) is 0 Å². The highest BCUT2D eigenvalue weighted by molar-refractivity contribution is 7.90. The van der Waals surface area contributed by atoms with E-state index in [-0.39, 0.29) is 11.6 Å². The van der Waals surface area contributed by atoms with E-state index in [1.807, 2.05) is 0 Å². The lowest BCUT2D eigenvalue weighted by Crippen LogP contribution is -1.99. The van der Waals surface area contributed by atoms with Crippen LogP contribution in [0.1, 0.15) is 10.6 Å². The van der Waals surface area contributed by atoms with Crippen LogP contribution in [0.2, 0.25) is 0 Å². The molecular formula is C12H12FNO2S2. The van der Waals surface area contributed by atoms with Gasteiger partial charge in [0.15, 0.2) is 9.84 Å². The van der Waals surface area contributed by atoms with Crippen molar-refractivity contribution in [2.75, 3.05) is 6.26 Å². The number of sulfone groups is 1. The van der Waals surface area contributed by atoms with Crippen molar-refractivity contribution in [2.45, 2.75) is 12.7 Å². The summed E-state index contributed by atoms with van der Waals surface area (Å²) in [6, 6.07) is 4.73. The zero-order valence-electron chi connectivity index (χ0n) is 9.97. The van der Waals surface area contributed by atoms with Gasteiger partial charge in [0, 0.05) is 17.2 Å². The van der Waals surface area contributed by atoms with Gasteiger partial charge in [-0.3, -0.25) is 0 Å². The maximum atomic E-state index is 13.1. The summed E-state index contributed by atoms with van der Waals surface area (Å²) in [5.74, 6) is -0.317. The monoisotopic (exact) mass is 285 g/mol. The number of aryl methyl sites for hydroxylation is 1. The molecule has 6 heteroatoms. The second-order valence-corrected chi connectivity index (χ2v) is 7.24. The molecule has 2 rings (SSSR count). The van der Waals surface area contributed by atoms with Crippen LogP contribution in [-0.2, 0) is 15.6 Å². The third-order valence-corrected chi connectivity index (χ3v) is 4.22. The van der Waals surface area contributed by atoms with Gasteiger partial charge in [-0.25, -0.2) is 17.8 Å². The summed E-state index contributed by atoms with van der Waals surface area (Å²) in [6.07, 6.45) is 1.18. The molecule has 0 saturated carbocycles. The average Bonchev–Trinajstić information content (AvgIpc) is 2.68. The van der Waals surface area contributed by atoms with Crippen molar-refractivity contribution in [3.63, 3.8) is 0 Å². The third-order valence-electron chi connectivity index (χ3n) is 2.39. The molecular weight excluding hydrogens is 273 g/mol. The van der Waals surface area contributed by atoms with E-state index in [1.165, 1.54) is 23.7 Å². The average molecular weight is 285 g/mol. The fourth-order valence-electron chi connectivity index (χ4n) is 1.54. The summed E-state index contributed by atoms with van der Waals surface area (Å²) in [6.45, 7) is 1.68. The third kappa shape index (κ3) is 3.14. The molecule has 0 amide bonds. The Balaban J connectivity index is 2.32. The molecule has 0 saturated heterocycles. The van der Waals surface area contributed by atoms with Crippen molar-refractivity contribution >= 4 is 21.2 Å². The second kappa shape index (κ2) is 4.78. The van der Waals surface area contributed by atoms with Crippen molar-refractivity contribution in [1.29, 1.82) is 0 Å². The van der Waals surface area contributed by atoms with Crippen LogP contribution in [0.15, 0.2) is 23.6 Å². The normalized spacial score (nSPS) is 11.7. The number of aromatic nitrogens is 1. The van der Waals surface area contributed by atoms with E-state index in [1.54, 1.807) is 24.4 Å². The first-order valence-corrected chi connectivity index (χ1v) is 8.18. The zero-order valence-corrected chi connectivity index (χ0v) is 11.6. The van der Waals surface area contributed by atoms with Crippen LogP contribution < -0.4 is 0 Å². The van der Waals surface area contributed by atoms with E-state index in [4.69, 9.17) is 0 Å². The molecule has 1 heterocycles. The van der Waals surface area contributed by atoms with E-state index in [2.05, 4.69) is 4.98 Å². The van der Waals surface area contributed by atoms with Gasteiger partial charge < -0.3 is 0 Å². The van der Waals surface area contributed by atoms with Crippen LogP contribution in [0.5, 0.6) is 0 Å². The topological polar surface area (TPSA) is 47.0 Å². The number of nitrogens with zero attached hydrogens (tertiary/aromatic N) is 1. The largest absolute Gasteiger partial charge is 0.240 e. The van der Waals surface area contributed by atoms with Gasteiger partial charge in [-0.05, 0) is 30.7 Å². The second-order valence-electron chi connectivity index (χ2n) is 4.16. The maximum absolute atomic E-state index is 13.1. The quantitative estimate of drug-likeness (QED) is 0.871. The van der Waals surface area contributed by atoms with E-state index in [0.717, 1.165) is 5.56 Å². The van der Waals surface area contributed by atoms with E-state index in [0.29, 0.717) is 16.3 Å². The number of rotatable bonds is 3. The Hall–Kier alpha value is -1.27. The van der Waals surface area contributed by atoms with Crippen LogP contribution in [0, 0.1) is 12.7 Å². The van der Waals surface area contributed by atoms with E-state index in [9.17, 15) is 12.8 Å². The molecule has 1 aromatic carbocycles. The molecule has 96 valence electrons. The lowest BCUT2D eigenvalue weighted by Gasteiger charge is -2.00. The minimum Gasteiger partial charge on any atom is -0.240 e. The number of hydrogen-bond donors (Lipinski definition) is 0. The van der Waals surface area contributed by atoms with E-state index < -0.39 is 9.84 Å².